The van der Waals surface area contributed by atoms with E-state index in [9.17, 15) is 9.59 Å². The van der Waals surface area contributed by atoms with E-state index in [1.54, 1.807) is 13.8 Å². The molecule has 1 aliphatic carbocycles. The second kappa shape index (κ2) is 5.44. The van der Waals surface area contributed by atoms with Crippen molar-refractivity contribution in [3.05, 3.63) is 55.9 Å². The van der Waals surface area contributed by atoms with E-state index in [0.29, 0.717) is 0 Å². The van der Waals surface area contributed by atoms with Crippen molar-refractivity contribution < 1.29 is 0 Å². The van der Waals surface area contributed by atoms with Crippen molar-refractivity contribution in [2.24, 2.45) is 0 Å². The van der Waals surface area contributed by atoms with Gasteiger partial charge in [-0.2, -0.15) is 4.98 Å². The number of fused-ring (bicyclic) bond motifs is 1. The number of rotatable bonds is 4. The molecule has 1 aromatic heterocycles. The monoisotopic (exact) mass is 300 g/mol. The number of anilines is 1. The summed E-state index contributed by atoms with van der Waals surface area (Å²) in [5, 5.41) is 3.10. The Morgan fingerprint density at radius 3 is 2.45 bits per heavy atom. The number of benzene rings is 1. The van der Waals surface area contributed by atoms with E-state index in [4.69, 9.17) is 0 Å². The molecule has 2 aromatic rings. The molecule has 1 atom stereocenters. The van der Waals surface area contributed by atoms with Gasteiger partial charge in [0.1, 0.15) is 0 Å². The van der Waals surface area contributed by atoms with Gasteiger partial charge < -0.3 is 5.32 Å². The Kier molecular flexibility index (Phi) is 3.60. The number of nitrogens with one attached hydrogen (secondary N) is 2. The topological polar surface area (TPSA) is 79.8 Å². The molecule has 6 heteroatoms. The molecule has 1 unspecified atom stereocenters. The summed E-state index contributed by atoms with van der Waals surface area (Å²) in [6.07, 6.45) is 2.27. The number of aryl methyl sites for hydroxylation is 2. The molecule has 0 saturated heterocycles. The van der Waals surface area contributed by atoms with Crippen LogP contribution in [0.1, 0.15) is 49.5 Å². The predicted octanol–water partition coefficient (Wildman–Crippen LogP) is 1.78. The van der Waals surface area contributed by atoms with Gasteiger partial charge in [0.25, 0.3) is 0 Å². The van der Waals surface area contributed by atoms with Gasteiger partial charge >= 0.3 is 11.4 Å². The van der Waals surface area contributed by atoms with Crippen LogP contribution in [-0.4, -0.2) is 14.5 Å². The first-order chi connectivity index (χ1) is 10.5. The van der Waals surface area contributed by atoms with E-state index >= 15 is 0 Å². The Labute approximate surface area is 128 Å². The minimum absolute atomic E-state index is 0.0386. The minimum Gasteiger partial charge on any atom is -0.349 e. The number of hydrogen-bond donors (Lipinski definition) is 2. The molecule has 1 aliphatic rings. The van der Waals surface area contributed by atoms with Crippen LogP contribution in [0.25, 0.3) is 0 Å². The van der Waals surface area contributed by atoms with E-state index in [1.807, 2.05) is 6.92 Å². The van der Waals surface area contributed by atoms with Crippen LogP contribution >= 0.6 is 0 Å². The SMILES string of the molecule is CC(Nc1nc(=O)n(C(C)C)c(=O)[nH]1)c1ccc2c(c1)CC2. The molecule has 0 spiro atoms. The van der Waals surface area contributed by atoms with E-state index in [2.05, 4.69) is 33.5 Å². The zero-order valence-corrected chi connectivity index (χ0v) is 13.0. The van der Waals surface area contributed by atoms with Gasteiger partial charge in [-0.3, -0.25) is 4.98 Å². The summed E-state index contributed by atoms with van der Waals surface area (Å²) >= 11 is 0. The highest BCUT2D eigenvalue weighted by atomic mass is 16.2. The molecule has 3 rings (SSSR count). The molecular weight excluding hydrogens is 280 g/mol. The van der Waals surface area contributed by atoms with Crippen LogP contribution in [0.4, 0.5) is 5.95 Å². The zero-order chi connectivity index (χ0) is 15.9. The second-order valence-electron chi connectivity index (χ2n) is 6.03. The molecule has 6 nitrogen and oxygen atoms in total. The molecular formula is C16H20N4O2. The number of aromatic nitrogens is 3. The lowest BCUT2D eigenvalue weighted by Crippen LogP contribution is -2.39. The van der Waals surface area contributed by atoms with Crippen LogP contribution < -0.4 is 16.7 Å². The first-order valence-electron chi connectivity index (χ1n) is 7.57. The fourth-order valence-corrected chi connectivity index (χ4v) is 2.72. The predicted molar refractivity (Wildman–Crippen MR) is 85.4 cm³/mol. The maximum atomic E-state index is 12.0. The van der Waals surface area contributed by atoms with E-state index in [1.165, 1.54) is 11.1 Å². The van der Waals surface area contributed by atoms with Gasteiger partial charge in [-0.05, 0) is 50.3 Å². The lowest BCUT2D eigenvalue weighted by molar-refractivity contribution is 0.529. The molecule has 0 saturated carbocycles. The van der Waals surface area contributed by atoms with Crippen molar-refractivity contribution in [2.45, 2.75) is 45.7 Å². The van der Waals surface area contributed by atoms with Crippen LogP contribution in [0.15, 0.2) is 27.8 Å². The van der Waals surface area contributed by atoms with Crippen molar-refractivity contribution >= 4 is 5.95 Å². The summed E-state index contributed by atoms with van der Waals surface area (Å²) < 4.78 is 1.10. The van der Waals surface area contributed by atoms with Crippen molar-refractivity contribution in [3.8, 4) is 0 Å². The normalized spacial score (nSPS) is 14.4. The summed E-state index contributed by atoms with van der Waals surface area (Å²) in [4.78, 5) is 30.4. The maximum absolute atomic E-state index is 12.0. The Morgan fingerprint density at radius 2 is 1.91 bits per heavy atom. The number of hydrogen-bond acceptors (Lipinski definition) is 4. The molecule has 22 heavy (non-hydrogen) atoms. The molecule has 0 aliphatic heterocycles. The summed E-state index contributed by atoms with van der Waals surface area (Å²) in [5.74, 6) is 0.210. The van der Waals surface area contributed by atoms with E-state index < -0.39 is 11.4 Å². The molecule has 1 heterocycles. The Bertz CT molecular complexity index is 788. The van der Waals surface area contributed by atoms with Crippen molar-refractivity contribution in [1.29, 1.82) is 0 Å². The van der Waals surface area contributed by atoms with Crippen LogP contribution in [0.3, 0.4) is 0 Å². The first kappa shape index (κ1) is 14.6. The van der Waals surface area contributed by atoms with Crippen LogP contribution in [0, 0.1) is 0 Å². The summed E-state index contributed by atoms with van der Waals surface area (Å²) in [7, 11) is 0. The third-order valence-electron chi connectivity index (χ3n) is 4.12. The lowest BCUT2D eigenvalue weighted by atomic mass is 9.86. The van der Waals surface area contributed by atoms with Gasteiger partial charge in [0, 0.05) is 6.04 Å². The van der Waals surface area contributed by atoms with Crippen molar-refractivity contribution in [2.75, 3.05) is 5.32 Å². The third kappa shape index (κ3) is 2.56. The molecule has 2 N–H and O–H groups in total. The standard InChI is InChI=1S/C16H20N4O2/c1-9(2)20-15(21)18-14(19-16(20)22)17-10(3)12-6-4-11-5-7-13(11)8-12/h4,6,8-10H,5,7H2,1-3H3,(H2,17,18,19,21,22). The van der Waals surface area contributed by atoms with Crippen molar-refractivity contribution in [3.63, 3.8) is 0 Å². The summed E-state index contributed by atoms with van der Waals surface area (Å²) in [6.45, 7) is 5.53. The van der Waals surface area contributed by atoms with Gasteiger partial charge in [0.2, 0.25) is 5.95 Å². The van der Waals surface area contributed by atoms with Crippen LogP contribution in [0.5, 0.6) is 0 Å². The number of aromatic amines is 1. The lowest BCUT2D eigenvalue weighted by Gasteiger charge is -2.22. The number of H-pyrrole nitrogens is 1. The molecule has 0 fully saturated rings. The highest BCUT2D eigenvalue weighted by Crippen LogP contribution is 2.27. The molecule has 0 radical (unpaired) electrons. The first-order valence-corrected chi connectivity index (χ1v) is 7.57. The molecule has 116 valence electrons. The van der Waals surface area contributed by atoms with Gasteiger partial charge in [0.05, 0.1) is 6.04 Å². The maximum Gasteiger partial charge on any atom is 0.355 e. The number of nitrogens with zero attached hydrogens (tertiary/aromatic N) is 2. The summed E-state index contributed by atoms with van der Waals surface area (Å²) in [6, 6.07) is 6.12. The van der Waals surface area contributed by atoms with E-state index in [0.717, 1.165) is 23.0 Å². The van der Waals surface area contributed by atoms with E-state index in [-0.39, 0.29) is 18.0 Å². The molecule has 0 amide bonds. The van der Waals surface area contributed by atoms with Gasteiger partial charge in [0.15, 0.2) is 0 Å². The van der Waals surface area contributed by atoms with Gasteiger partial charge in [-0.15, -0.1) is 0 Å². The highest BCUT2D eigenvalue weighted by Gasteiger charge is 2.16. The summed E-state index contributed by atoms with van der Waals surface area (Å²) in [5.41, 5.74) is 2.92. The second-order valence-corrected chi connectivity index (χ2v) is 6.03. The quantitative estimate of drug-likeness (QED) is 0.902. The minimum atomic E-state index is -0.536. The van der Waals surface area contributed by atoms with Gasteiger partial charge in [-0.25, -0.2) is 14.2 Å². The Morgan fingerprint density at radius 1 is 1.18 bits per heavy atom. The zero-order valence-electron chi connectivity index (χ0n) is 13.0. The highest BCUT2D eigenvalue weighted by molar-refractivity contribution is 5.41. The molecule has 1 aromatic carbocycles. The average molecular weight is 300 g/mol. The fourth-order valence-electron chi connectivity index (χ4n) is 2.72. The Balaban J connectivity index is 1.85. The average Bonchev–Trinajstić information content (AvgIpc) is 2.38. The van der Waals surface area contributed by atoms with Gasteiger partial charge in [-0.1, -0.05) is 18.2 Å². The smallest absolute Gasteiger partial charge is 0.349 e. The van der Waals surface area contributed by atoms with Crippen LogP contribution in [-0.2, 0) is 12.8 Å². The van der Waals surface area contributed by atoms with Crippen LogP contribution in [0.2, 0.25) is 0 Å². The molecule has 0 bridgehead atoms. The van der Waals surface area contributed by atoms with Crippen molar-refractivity contribution in [1.82, 2.24) is 14.5 Å². The largest absolute Gasteiger partial charge is 0.355 e. The third-order valence-corrected chi connectivity index (χ3v) is 4.12. The Hall–Kier alpha value is -2.37. The fraction of sp³-hybridized carbons (Fsp3) is 0.438.